The van der Waals surface area contributed by atoms with Gasteiger partial charge in [0.15, 0.2) is 6.29 Å². The molecule has 4 unspecified atom stereocenters. The van der Waals surface area contributed by atoms with E-state index in [1.165, 1.54) is 29.3 Å². The van der Waals surface area contributed by atoms with Crippen LogP contribution in [0.3, 0.4) is 0 Å². The quantitative estimate of drug-likeness (QED) is 0.169. The van der Waals surface area contributed by atoms with Crippen molar-refractivity contribution in [3.05, 3.63) is 60.2 Å². The third-order valence-electron chi connectivity index (χ3n) is 8.69. The van der Waals surface area contributed by atoms with Crippen molar-refractivity contribution in [3.8, 4) is 0 Å². The van der Waals surface area contributed by atoms with E-state index >= 15 is 0 Å². The minimum atomic E-state index is -3.91. The van der Waals surface area contributed by atoms with E-state index in [0.717, 1.165) is 12.0 Å². The molecule has 0 spiro atoms. The van der Waals surface area contributed by atoms with E-state index in [2.05, 4.69) is 18.7 Å². The first-order valence-corrected chi connectivity index (χ1v) is 16.3. The maximum Gasteiger partial charge on any atom is 0.306 e. The van der Waals surface area contributed by atoms with Gasteiger partial charge in [0, 0.05) is 42.4 Å². The number of nitrogens with two attached hydrogens (primary N) is 1. The van der Waals surface area contributed by atoms with E-state index in [1.54, 1.807) is 0 Å². The van der Waals surface area contributed by atoms with Crippen molar-refractivity contribution >= 4 is 21.7 Å². The summed E-state index contributed by atoms with van der Waals surface area (Å²) in [6, 6.07) is 15.6. The van der Waals surface area contributed by atoms with Crippen LogP contribution in [0.5, 0.6) is 0 Å². The molecule has 10 nitrogen and oxygen atoms in total. The molecule has 3 fully saturated rings. The SMILES string of the molecule is CC(C)CCN(C[C@@H](O)[C@@H](CC(=O)OC1C2COC3OC[C@H]1CC32)Cc1ccccc1)NS(=O)(=O)c1ccc(N)cc1. The molecular weight excluding hydrogens is 558 g/mol. The average Bonchev–Trinajstić information content (AvgIpc) is 3.48. The lowest BCUT2D eigenvalue weighted by Crippen LogP contribution is -2.48. The van der Waals surface area contributed by atoms with Crippen LogP contribution in [-0.2, 0) is 35.4 Å². The minimum absolute atomic E-state index is 0.00451. The first-order chi connectivity index (χ1) is 20.1. The zero-order valence-corrected chi connectivity index (χ0v) is 25.1. The van der Waals surface area contributed by atoms with E-state index in [-0.39, 0.29) is 54.0 Å². The predicted molar refractivity (Wildman–Crippen MR) is 157 cm³/mol. The third kappa shape index (κ3) is 7.50. The molecule has 7 atom stereocenters. The van der Waals surface area contributed by atoms with Gasteiger partial charge in [0.25, 0.3) is 10.0 Å². The number of esters is 1. The molecule has 1 saturated carbocycles. The van der Waals surface area contributed by atoms with Crippen LogP contribution in [0.15, 0.2) is 59.5 Å². The normalized spacial score (nSPS) is 26.5. The number of fused-ring (bicyclic) bond motifs is 1. The van der Waals surface area contributed by atoms with Gasteiger partial charge in [0.2, 0.25) is 0 Å². The van der Waals surface area contributed by atoms with E-state index in [0.29, 0.717) is 44.2 Å². The Hall–Kier alpha value is -2.54. The summed E-state index contributed by atoms with van der Waals surface area (Å²) in [5.74, 6) is 0.0129. The summed E-state index contributed by atoms with van der Waals surface area (Å²) in [5, 5.41) is 13.1. The van der Waals surface area contributed by atoms with Crippen LogP contribution in [0.25, 0.3) is 0 Å². The summed E-state index contributed by atoms with van der Waals surface area (Å²) in [4.78, 5) is 16.1. The molecular formula is C31H43N3O7S. The van der Waals surface area contributed by atoms with Crippen LogP contribution in [-0.4, -0.2) is 69.3 Å². The van der Waals surface area contributed by atoms with Crippen molar-refractivity contribution in [2.75, 3.05) is 32.0 Å². The number of benzene rings is 2. The summed E-state index contributed by atoms with van der Waals surface area (Å²) < 4.78 is 44.0. The standard InChI is InChI=1S/C31H43N3O7S/c1-20(2)12-13-34(33-42(37,38)25-10-8-24(32)9-11-25)17-28(35)22(14-21-6-4-3-5-7-21)16-29(36)41-30-23-15-26-27(30)19-40-31(26)39-18-23/h3-11,20,22-23,26-28,30-31,33,35H,12-19,32H2,1-2H3/t22-,23-,26?,27?,28-,30?,31?/m1/s1. The minimum Gasteiger partial charge on any atom is -0.462 e. The number of carbonyl (C=O) groups excluding carboxylic acids is 1. The number of aliphatic hydroxyl groups excluding tert-OH is 1. The van der Waals surface area contributed by atoms with E-state index in [9.17, 15) is 18.3 Å². The number of aliphatic hydroxyl groups is 1. The number of ether oxygens (including phenoxy) is 3. The molecule has 2 aromatic carbocycles. The molecule has 2 aliphatic heterocycles. The number of sulfonamides is 1. The zero-order valence-electron chi connectivity index (χ0n) is 24.3. The number of rotatable bonds is 14. The number of carbonyl (C=O) groups is 1. The molecule has 2 saturated heterocycles. The number of anilines is 1. The Balaban J connectivity index is 1.29. The molecule has 4 N–H and O–H groups in total. The van der Waals surface area contributed by atoms with Gasteiger partial charge in [-0.15, -0.1) is 4.83 Å². The molecule has 42 heavy (non-hydrogen) atoms. The Labute approximate surface area is 248 Å². The smallest absolute Gasteiger partial charge is 0.306 e. The van der Waals surface area contributed by atoms with Gasteiger partial charge in [-0.25, -0.2) is 13.4 Å². The average molecular weight is 602 g/mol. The fraction of sp³-hybridized carbons (Fsp3) is 0.581. The first kappa shape index (κ1) is 30.9. The van der Waals surface area contributed by atoms with Crippen LogP contribution >= 0.6 is 0 Å². The maximum atomic E-state index is 13.4. The summed E-state index contributed by atoms with van der Waals surface area (Å²) in [7, 11) is -3.91. The lowest BCUT2D eigenvalue weighted by molar-refractivity contribution is -0.178. The largest absolute Gasteiger partial charge is 0.462 e. The number of nitrogen functional groups attached to an aromatic ring is 1. The van der Waals surface area contributed by atoms with Crippen molar-refractivity contribution in [1.29, 1.82) is 0 Å². The van der Waals surface area contributed by atoms with Crippen molar-refractivity contribution < 1.29 is 32.5 Å². The van der Waals surface area contributed by atoms with Gasteiger partial charge in [-0.1, -0.05) is 44.2 Å². The summed E-state index contributed by atoms with van der Waals surface area (Å²) >= 11 is 0. The summed E-state index contributed by atoms with van der Waals surface area (Å²) in [5.41, 5.74) is 7.18. The van der Waals surface area contributed by atoms with E-state index < -0.39 is 22.0 Å². The van der Waals surface area contributed by atoms with Gasteiger partial charge >= 0.3 is 5.97 Å². The van der Waals surface area contributed by atoms with Gasteiger partial charge < -0.3 is 25.1 Å². The van der Waals surface area contributed by atoms with Crippen LogP contribution in [0.1, 0.15) is 38.7 Å². The molecule has 1 aliphatic carbocycles. The highest BCUT2D eigenvalue weighted by Crippen LogP contribution is 2.49. The second-order valence-electron chi connectivity index (χ2n) is 12.3. The van der Waals surface area contributed by atoms with E-state index in [1.807, 2.05) is 30.3 Å². The molecule has 2 aromatic rings. The highest BCUT2D eigenvalue weighted by molar-refractivity contribution is 7.89. The molecule has 3 aliphatic rings. The van der Waals surface area contributed by atoms with Crippen molar-refractivity contribution in [2.24, 2.45) is 29.6 Å². The van der Waals surface area contributed by atoms with Crippen molar-refractivity contribution in [3.63, 3.8) is 0 Å². The molecule has 230 valence electrons. The zero-order chi connectivity index (χ0) is 29.9. The monoisotopic (exact) mass is 601 g/mol. The predicted octanol–water partition coefficient (Wildman–Crippen LogP) is 2.97. The molecule has 2 bridgehead atoms. The Morgan fingerprint density at radius 2 is 1.81 bits per heavy atom. The highest BCUT2D eigenvalue weighted by atomic mass is 32.2. The Kier molecular flexibility index (Phi) is 9.86. The Morgan fingerprint density at radius 3 is 2.52 bits per heavy atom. The number of nitrogens with zero attached hydrogens (tertiary/aromatic N) is 1. The molecule has 0 radical (unpaired) electrons. The lowest BCUT2D eigenvalue weighted by atomic mass is 9.90. The maximum absolute atomic E-state index is 13.4. The molecule has 0 aromatic heterocycles. The third-order valence-corrected chi connectivity index (χ3v) is 10.1. The van der Waals surface area contributed by atoms with Crippen LogP contribution in [0, 0.1) is 29.6 Å². The lowest BCUT2D eigenvalue weighted by Gasteiger charge is -2.31. The fourth-order valence-corrected chi connectivity index (χ4v) is 7.46. The topological polar surface area (TPSA) is 140 Å². The van der Waals surface area contributed by atoms with Gasteiger partial charge in [-0.3, -0.25) is 4.79 Å². The molecule has 11 heteroatoms. The first-order valence-electron chi connectivity index (χ1n) is 14.9. The number of hydrogen-bond donors (Lipinski definition) is 3. The molecule has 0 amide bonds. The summed E-state index contributed by atoms with van der Waals surface area (Å²) in [6.07, 6.45) is 0.625. The number of hydrogen-bond acceptors (Lipinski definition) is 9. The van der Waals surface area contributed by atoms with Gasteiger partial charge in [0.1, 0.15) is 6.10 Å². The van der Waals surface area contributed by atoms with Crippen LogP contribution < -0.4 is 10.6 Å². The molecule has 2 heterocycles. The van der Waals surface area contributed by atoms with Crippen LogP contribution in [0.2, 0.25) is 0 Å². The van der Waals surface area contributed by atoms with Crippen LogP contribution in [0.4, 0.5) is 5.69 Å². The van der Waals surface area contributed by atoms with E-state index in [4.69, 9.17) is 19.9 Å². The van der Waals surface area contributed by atoms with Gasteiger partial charge in [0.05, 0.1) is 30.6 Å². The Morgan fingerprint density at radius 1 is 1.10 bits per heavy atom. The number of hydrazine groups is 1. The van der Waals surface area contributed by atoms with Gasteiger partial charge in [-0.2, -0.15) is 0 Å². The number of nitrogens with one attached hydrogen (secondary N) is 1. The summed E-state index contributed by atoms with van der Waals surface area (Å²) in [6.45, 7) is 5.55. The fourth-order valence-electron chi connectivity index (χ4n) is 6.36. The van der Waals surface area contributed by atoms with Crippen molar-refractivity contribution in [1.82, 2.24) is 9.84 Å². The van der Waals surface area contributed by atoms with Gasteiger partial charge in [-0.05, 0) is 55.0 Å². The highest BCUT2D eigenvalue weighted by Gasteiger charge is 2.56. The second-order valence-corrected chi connectivity index (χ2v) is 14.0. The van der Waals surface area contributed by atoms with Crippen molar-refractivity contribution in [2.45, 2.75) is 62.9 Å². The second kappa shape index (κ2) is 13.4. The molecule has 5 rings (SSSR count). The Bertz CT molecular complexity index is 1290.